The number of para-hydroxylation sites is 1. The van der Waals surface area contributed by atoms with Crippen molar-refractivity contribution in [2.24, 2.45) is 0 Å². The summed E-state index contributed by atoms with van der Waals surface area (Å²) in [5, 5.41) is 8.98. The van der Waals surface area contributed by atoms with Crippen LogP contribution in [0.5, 0.6) is 5.75 Å². The van der Waals surface area contributed by atoms with Crippen molar-refractivity contribution in [2.75, 3.05) is 13.2 Å². The van der Waals surface area contributed by atoms with Gasteiger partial charge in [0.1, 0.15) is 18.1 Å². The molecule has 1 aromatic carbocycles. The van der Waals surface area contributed by atoms with E-state index in [1.54, 1.807) is 13.0 Å². The van der Waals surface area contributed by atoms with E-state index in [1.165, 1.54) is 0 Å². The summed E-state index contributed by atoms with van der Waals surface area (Å²) in [6.07, 6.45) is 0. The molecule has 0 saturated heterocycles. The quantitative estimate of drug-likeness (QED) is 0.940. The van der Waals surface area contributed by atoms with E-state index in [4.69, 9.17) is 14.3 Å². The van der Waals surface area contributed by atoms with E-state index in [1.807, 2.05) is 18.2 Å². The van der Waals surface area contributed by atoms with Crippen molar-refractivity contribution >= 4 is 5.97 Å². The van der Waals surface area contributed by atoms with Crippen molar-refractivity contribution in [3.05, 3.63) is 53.0 Å². The van der Waals surface area contributed by atoms with Gasteiger partial charge in [-0.3, -0.25) is 4.90 Å². The molecule has 3 rings (SSSR count). The zero-order valence-electron chi connectivity index (χ0n) is 11.8. The molecule has 2 heterocycles. The molecule has 110 valence electrons. The lowest BCUT2D eigenvalue weighted by atomic mass is 10.1. The SMILES string of the molecule is Cc1oc(C(=O)O)cc1CN1CCOc2ccccc2C1. The van der Waals surface area contributed by atoms with Gasteiger partial charge >= 0.3 is 5.97 Å². The van der Waals surface area contributed by atoms with Crippen LogP contribution in [0.3, 0.4) is 0 Å². The number of carbonyl (C=O) groups is 1. The van der Waals surface area contributed by atoms with Crippen LogP contribution in [0.25, 0.3) is 0 Å². The maximum absolute atomic E-state index is 10.9. The predicted octanol–water partition coefficient (Wildman–Crippen LogP) is 2.68. The van der Waals surface area contributed by atoms with E-state index in [0.717, 1.165) is 30.0 Å². The minimum absolute atomic E-state index is 0.00558. The molecule has 5 heteroatoms. The van der Waals surface area contributed by atoms with E-state index < -0.39 is 5.97 Å². The first-order valence-electron chi connectivity index (χ1n) is 6.89. The highest BCUT2D eigenvalue weighted by Crippen LogP contribution is 2.24. The van der Waals surface area contributed by atoms with Crippen LogP contribution in [0.1, 0.15) is 27.4 Å². The highest BCUT2D eigenvalue weighted by Gasteiger charge is 2.19. The Morgan fingerprint density at radius 1 is 1.38 bits per heavy atom. The van der Waals surface area contributed by atoms with Crippen molar-refractivity contribution in [1.29, 1.82) is 0 Å². The highest BCUT2D eigenvalue weighted by molar-refractivity contribution is 5.84. The monoisotopic (exact) mass is 287 g/mol. The van der Waals surface area contributed by atoms with Gasteiger partial charge in [0.05, 0.1) is 0 Å². The van der Waals surface area contributed by atoms with Gasteiger partial charge in [-0.2, -0.15) is 0 Å². The zero-order chi connectivity index (χ0) is 14.8. The first kappa shape index (κ1) is 13.7. The van der Waals surface area contributed by atoms with Crippen LogP contribution < -0.4 is 4.74 Å². The number of carboxylic acids is 1. The summed E-state index contributed by atoms with van der Waals surface area (Å²) in [4.78, 5) is 13.2. The number of benzene rings is 1. The molecule has 2 aromatic rings. The minimum atomic E-state index is -1.03. The van der Waals surface area contributed by atoms with E-state index in [0.29, 0.717) is 18.9 Å². The molecule has 0 aliphatic carbocycles. The van der Waals surface area contributed by atoms with Crippen molar-refractivity contribution in [1.82, 2.24) is 4.90 Å². The Kier molecular flexibility index (Phi) is 3.66. The molecule has 1 aliphatic heterocycles. The molecule has 5 nitrogen and oxygen atoms in total. The average molecular weight is 287 g/mol. The smallest absolute Gasteiger partial charge is 0.371 e. The van der Waals surface area contributed by atoms with Crippen LogP contribution in [0.15, 0.2) is 34.7 Å². The Bertz CT molecular complexity index is 662. The minimum Gasteiger partial charge on any atom is -0.492 e. The van der Waals surface area contributed by atoms with Gasteiger partial charge in [-0.05, 0) is 19.1 Å². The summed E-state index contributed by atoms with van der Waals surface area (Å²) in [7, 11) is 0. The third kappa shape index (κ3) is 2.92. The number of aryl methyl sites for hydroxylation is 1. The molecule has 0 unspecified atom stereocenters. The van der Waals surface area contributed by atoms with Crippen LogP contribution in [0.2, 0.25) is 0 Å². The molecule has 0 atom stereocenters. The fraction of sp³-hybridized carbons (Fsp3) is 0.312. The van der Waals surface area contributed by atoms with Crippen LogP contribution in [0.4, 0.5) is 0 Å². The number of ether oxygens (including phenoxy) is 1. The third-order valence-corrected chi connectivity index (χ3v) is 3.66. The van der Waals surface area contributed by atoms with E-state index in [-0.39, 0.29) is 5.76 Å². The summed E-state index contributed by atoms with van der Waals surface area (Å²) in [5.41, 5.74) is 2.06. The highest BCUT2D eigenvalue weighted by atomic mass is 16.5. The fourth-order valence-electron chi connectivity index (χ4n) is 2.54. The summed E-state index contributed by atoms with van der Waals surface area (Å²) in [6, 6.07) is 9.60. The summed E-state index contributed by atoms with van der Waals surface area (Å²) in [6.45, 7) is 4.65. The molecular weight excluding hydrogens is 270 g/mol. The molecule has 0 amide bonds. The summed E-state index contributed by atoms with van der Waals surface area (Å²) in [5.74, 6) is 0.545. The lowest BCUT2D eigenvalue weighted by Gasteiger charge is -2.18. The first-order valence-corrected chi connectivity index (χ1v) is 6.89. The Labute approximate surface area is 122 Å². The summed E-state index contributed by atoms with van der Waals surface area (Å²) < 4.78 is 11.0. The molecule has 0 radical (unpaired) electrons. The van der Waals surface area contributed by atoms with Crippen LogP contribution in [-0.4, -0.2) is 29.1 Å². The number of aromatic carboxylic acids is 1. The van der Waals surface area contributed by atoms with E-state index in [2.05, 4.69) is 11.0 Å². The van der Waals surface area contributed by atoms with Gasteiger partial charge in [-0.1, -0.05) is 18.2 Å². The van der Waals surface area contributed by atoms with E-state index >= 15 is 0 Å². The van der Waals surface area contributed by atoms with Gasteiger partial charge in [0.25, 0.3) is 0 Å². The predicted molar refractivity (Wildman–Crippen MR) is 76.5 cm³/mol. The molecule has 21 heavy (non-hydrogen) atoms. The standard InChI is InChI=1S/C16H17NO4/c1-11-13(8-15(21-11)16(18)19)10-17-6-7-20-14-5-3-2-4-12(14)9-17/h2-5,8H,6-7,9-10H2,1H3,(H,18,19). The van der Waals surface area contributed by atoms with Gasteiger partial charge in [0.2, 0.25) is 5.76 Å². The number of carboxylic acid groups (broad SMARTS) is 1. The lowest BCUT2D eigenvalue weighted by molar-refractivity contribution is 0.0661. The van der Waals surface area contributed by atoms with Gasteiger partial charge in [-0.25, -0.2) is 4.79 Å². The normalized spacial score (nSPS) is 15.1. The number of furan rings is 1. The third-order valence-electron chi connectivity index (χ3n) is 3.66. The molecule has 0 saturated carbocycles. The first-order chi connectivity index (χ1) is 10.1. The van der Waals surface area contributed by atoms with Crippen LogP contribution >= 0.6 is 0 Å². The second-order valence-corrected chi connectivity index (χ2v) is 5.16. The molecule has 1 aromatic heterocycles. The zero-order valence-corrected chi connectivity index (χ0v) is 11.8. The van der Waals surface area contributed by atoms with Gasteiger partial charge < -0.3 is 14.3 Å². The lowest BCUT2D eigenvalue weighted by Crippen LogP contribution is -2.25. The maximum atomic E-state index is 10.9. The Morgan fingerprint density at radius 3 is 2.95 bits per heavy atom. The second kappa shape index (κ2) is 5.61. The van der Waals surface area contributed by atoms with Crippen LogP contribution in [0, 0.1) is 6.92 Å². The molecule has 0 fully saturated rings. The number of hydrogen-bond donors (Lipinski definition) is 1. The topological polar surface area (TPSA) is 62.9 Å². The molecule has 0 spiro atoms. The molecule has 1 N–H and O–H groups in total. The largest absolute Gasteiger partial charge is 0.492 e. The van der Waals surface area contributed by atoms with Gasteiger partial charge in [0, 0.05) is 30.8 Å². The van der Waals surface area contributed by atoms with Crippen molar-refractivity contribution in [2.45, 2.75) is 20.0 Å². The Morgan fingerprint density at radius 2 is 2.19 bits per heavy atom. The number of nitrogens with zero attached hydrogens (tertiary/aromatic N) is 1. The summed E-state index contributed by atoms with van der Waals surface area (Å²) >= 11 is 0. The molecule has 0 bridgehead atoms. The van der Waals surface area contributed by atoms with Crippen LogP contribution in [-0.2, 0) is 13.1 Å². The second-order valence-electron chi connectivity index (χ2n) is 5.16. The molecule has 1 aliphatic rings. The van der Waals surface area contributed by atoms with E-state index in [9.17, 15) is 4.79 Å². The Balaban J connectivity index is 1.78. The Hall–Kier alpha value is -2.27. The van der Waals surface area contributed by atoms with Crippen molar-refractivity contribution in [3.63, 3.8) is 0 Å². The van der Waals surface area contributed by atoms with Crippen molar-refractivity contribution < 1.29 is 19.1 Å². The average Bonchev–Trinajstić information content (AvgIpc) is 2.70. The number of fused-ring (bicyclic) bond motifs is 1. The van der Waals surface area contributed by atoms with Crippen molar-refractivity contribution in [3.8, 4) is 5.75 Å². The number of rotatable bonds is 3. The van der Waals surface area contributed by atoms with Gasteiger partial charge in [-0.15, -0.1) is 0 Å². The maximum Gasteiger partial charge on any atom is 0.371 e. The molecular formula is C16H17NO4. The van der Waals surface area contributed by atoms with Gasteiger partial charge in [0.15, 0.2) is 0 Å². The number of hydrogen-bond acceptors (Lipinski definition) is 4. The fourth-order valence-corrected chi connectivity index (χ4v) is 2.54.